The highest BCUT2D eigenvalue weighted by Crippen LogP contribution is 2.22. The average molecular weight is 270 g/mol. The van der Waals surface area contributed by atoms with Crippen LogP contribution in [0.15, 0.2) is 36.7 Å². The van der Waals surface area contributed by atoms with Crippen LogP contribution >= 0.6 is 0 Å². The number of hydrogen-bond donors (Lipinski definition) is 2. The lowest BCUT2D eigenvalue weighted by Crippen LogP contribution is -2.00. The molecule has 2 N–H and O–H groups in total. The molecule has 0 amide bonds. The van der Waals surface area contributed by atoms with Gasteiger partial charge in [0.15, 0.2) is 5.82 Å². The van der Waals surface area contributed by atoms with Crippen molar-refractivity contribution < 1.29 is 4.74 Å². The highest BCUT2D eigenvalue weighted by molar-refractivity contribution is 5.71. The molecule has 3 rings (SSSR count). The van der Waals surface area contributed by atoms with Gasteiger partial charge in [0.05, 0.1) is 7.11 Å². The van der Waals surface area contributed by atoms with Crippen LogP contribution in [0.1, 0.15) is 0 Å². The predicted molar refractivity (Wildman–Crippen MR) is 76.6 cm³/mol. The number of benzene rings is 1. The summed E-state index contributed by atoms with van der Waals surface area (Å²) in [6, 6.07) is 7.61. The Morgan fingerprint density at radius 3 is 2.95 bits per heavy atom. The molecule has 102 valence electrons. The zero-order chi connectivity index (χ0) is 13.9. The molecule has 0 aliphatic heterocycles. The third-order valence-electron chi connectivity index (χ3n) is 2.88. The monoisotopic (exact) mass is 270 g/mol. The van der Waals surface area contributed by atoms with Crippen molar-refractivity contribution in [3.63, 3.8) is 0 Å². The van der Waals surface area contributed by atoms with E-state index in [1.165, 1.54) is 0 Å². The molecule has 0 radical (unpaired) electrons. The van der Waals surface area contributed by atoms with Crippen molar-refractivity contribution in [3.8, 4) is 5.75 Å². The lowest BCUT2D eigenvalue weighted by molar-refractivity contribution is 0.415. The van der Waals surface area contributed by atoms with Crippen molar-refractivity contribution in [2.75, 3.05) is 24.8 Å². The lowest BCUT2D eigenvalue weighted by atomic mass is 10.3. The number of methoxy groups -OCH3 is 1. The van der Waals surface area contributed by atoms with Crippen LogP contribution in [0.3, 0.4) is 0 Å². The molecule has 7 nitrogen and oxygen atoms in total. The number of nitrogens with zero attached hydrogens (tertiary/aromatic N) is 4. The van der Waals surface area contributed by atoms with Crippen LogP contribution in [-0.4, -0.2) is 33.7 Å². The fourth-order valence-electron chi connectivity index (χ4n) is 1.92. The van der Waals surface area contributed by atoms with E-state index in [1.807, 2.05) is 28.7 Å². The molecular weight excluding hydrogens is 256 g/mol. The Hall–Kier alpha value is -2.83. The molecule has 0 saturated carbocycles. The van der Waals surface area contributed by atoms with Crippen molar-refractivity contribution in [2.45, 2.75) is 0 Å². The quantitative estimate of drug-likeness (QED) is 0.754. The predicted octanol–water partition coefficient (Wildman–Crippen LogP) is 1.92. The highest BCUT2D eigenvalue weighted by atomic mass is 16.5. The number of fused-ring (bicyclic) bond motifs is 1. The van der Waals surface area contributed by atoms with E-state index in [0.29, 0.717) is 17.4 Å². The first-order valence-corrected chi connectivity index (χ1v) is 6.10. The second-order valence-electron chi connectivity index (χ2n) is 4.10. The molecule has 3 aromatic rings. The molecule has 0 aliphatic rings. The normalized spacial score (nSPS) is 10.5. The molecule has 0 aliphatic carbocycles. The van der Waals surface area contributed by atoms with E-state index in [2.05, 4.69) is 25.8 Å². The van der Waals surface area contributed by atoms with E-state index in [1.54, 1.807) is 26.6 Å². The summed E-state index contributed by atoms with van der Waals surface area (Å²) < 4.78 is 7.03. The second kappa shape index (κ2) is 5.04. The molecule has 0 fully saturated rings. The van der Waals surface area contributed by atoms with Gasteiger partial charge in [-0.3, -0.25) is 4.40 Å². The van der Waals surface area contributed by atoms with Crippen LogP contribution in [-0.2, 0) is 0 Å². The van der Waals surface area contributed by atoms with Crippen LogP contribution in [0, 0.1) is 0 Å². The Labute approximate surface area is 115 Å². The first-order chi connectivity index (χ1) is 9.81. The van der Waals surface area contributed by atoms with Gasteiger partial charge < -0.3 is 15.4 Å². The van der Waals surface area contributed by atoms with Crippen LogP contribution in [0.2, 0.25) is 0 Å². The van der Waals surface area contributed by atoms with Gasteiger partial charge in [0.2, 0.25) is 11.6 Å². The van der Waals surface area contributed by atoms with Crippen LogP contribution in [0.25, 0.3) is 5.65 Å². The van der Waals surface area contributed by atoms with Gasteiger partial charge in [0, 0.05) is 31.2 Å². The van der Waals surface area contributed by atoms with Crippen molar-refractivity contribution in [2.24, 2.45) is 0 Å². The molecule has 20 heavy (non-hydrogen) atoms. The topological polar surface area (TPSA) is 76.4 Å². The fourth-order valence-corrected chi connectivity index (χ4v) is 1.92. The Morgan fingerprint density at radius 1 is 1.25 bits per heavy atom. The third kappa shape index (κ3) is 2.09. The molecule has 0 saturated heterocycles. The first kappa shape index (κ1) is 12.2. The summed E-state index contributed by atoms with van der Waals surface area (Å²) in [6.45, 7) is 0. The largest absolute Gasteiger partial charge is 0.497 e. The summed E-state index contributed by atoms with van der Waals surface area (Å²) in [4.78, 5) is 4.30. The number of aromatic nitrogens is 4. The molecule has 0 spiro atoms. The number of hydrogen-bond acceptors (Lipinski definition) is 6. The van der Waals surface area contributed by atoms with Gasteiger partial charge in [-0.1, -0.05) is 6.07 Å². The van der Waals surface area contributed by atoms with Crippen molar-refractivity contribution in [1.82, 2.24) is 19.6 Å². The Morgan fingerprint density at radius 2 is 2.15 bits per heavy atom. The maximum absolute atomic E-state index is 5.20. The first-order valence-electron chi connectivity index (χ1n) is 6.10. The minimum atomic E-state index is 0.634. The number of rotatable bonds is 4. The van der Waals surface area contributed by atoms with Crippen LogP contribution < -0.4 is 15.4 Å². The summed E-state index contributed by atoms with van der Waals surface area (Å²) in [6.07, 6.45) is 3.50. The van der Waals surface area contributed by atoms with Crippen molar-refractivity contribution >= 4 is 23.1 Å². The molecule has 0 unspecified atom stereocenters. The fraction of sp³-hybridized carbons (Fsp3) is 0.154. The number of ether oxygens (including phenoxy) is 1. The van der Waals surface area contributed by atoms with E-state index in [4.69, 9.17) is 4.74 Å². The van der Waals surface area contributed by atoms with Crippen LogP contribution in [0.5, 0.6) is 5.75 Å². The van der Waals surface area contributed by atoms with Gasteiger partial charge in [0.1, 0.15) is 5.75 Å². The molecule has 7 heteroatoms. The molecule has 1 aromatic carbocycles. The van der Waals surface area contributed by atoms with Gasteiger partial charge in [-0.2, -0.15) is 0 Å². The smallest absolute Gasteiger partial charge is 0.228 e. The van der Waals surface area contributed by atoms with E-state index < -0.39 is 0 Å². The van der Waals surface area contributed by atoms with E-state index in [-0.39, 0.29) is 0 Å². The minimum Gasteiger partial charge on any atom is -0.497 e. The van der Waals surface area contributed by atoms with Gasteiger partial charge >= 0.3 is 0 Å². The Kier molecular flexibility index (Phi) is 3.08. The molecule has 0 atom stereocenters. The van der Waals surface area contributed by atoms with Gasteiger partial charge in [-0.05, 0) is 12.1 Å². The van der Waals surface area contributed by atoms with Gasteiger partial charge in [-0.25, -0.2) is 4.98 Å². The number of anilines is 3. The lowest BCUT2D eigenvalue weighted by Gasteiger charge is -2.08. The summed E-state index contributed by atoms with van der Waals surface area (Å²) in [5.74, 6) is 2.07. The molecular formula is C13H14N6O. The van der Waals surface area contributed by atoms with E-state index >= 15 is 0 Å². The maximum atomic E-state index is 5.20. The maximum Gasteiger partial charge on any atom is 0.228 e. The summed E-state index contributed by atoms with van der Waals surface area (Å²) in [5.41, 5.74) is 1.53. The van der Waals surface area contributed by atoms with Gasteiger partial charge in [0.25, 0.3) is 0 Å². The SMILES string of the molecule is CNc1nnc2c(Nc3cccc(OC)c3)nccn12. The summed E-state index contributed by atoms with van der Waals surface area (Å²) in [5, 5.41) is 14.4. The molecule has 0 bridgehead atoms. The van der Waals surface area contributed by atoms with Crippen LogP contribution in [0.4, 0.5) is 17.5 Å². The Bertz CT molecular complexity index is 739. The minimum absolute atomic E-state index is 0.634. The zero-order valence-electron chi connectivity index (χ0n) is 11.2. The Balaban J connectivity index is 2.00. The summed E-state index contributed by atoms with van der Waals surface area (Å²) in [7, 11) is 3.43. The molecule has 2 aromatic heterocycles. The number of nitrogens with one attached hydrogen (secondary N) is 2. The zero-order valence-corrected chi connectivity index (χ0v) is 11.2. The molecule has 2 heterocycles. The van der Waals surface area contributed by atoms with Gasteiger partial charge in [-0.15, -0.1) is 10.2 Å². The van der Waals surface area contributed by atoms with E-state index in [9.17, 15) is 0 Å². The average Bonchev–Trinajstić information content (AvgIpc) is 2.91. The summed E-state index contributed by atoms with van der Waals surface area (Å²) >= 11 is 0. The standard InChI is InChI=1S/C13H14N6O/c1-14-13-18-17-12-11(15-6-7-19(12)13)16-9-4-3-5-10(8-9)20-2/h3-8H,1-2H3,(H,14,18)(H,15,16). The second-order valence-corrected chi connectivity index (χ2v) is 4.10. The third-order valence-corrected chi connectivity index (χ3v) is 2.88. The van der Waals surface area contributed by atoms with E-state index in [0.717, 1.165) is 11.4 Å². The van der Waals surface area contributed by atoms with Crippen molar-refractivity contribution in [1.29, 1.82) is 0 Å². The van der Waals surface area contributed by atoms with Crippen molar-refractivity contribution in [3.05, 3.63) is 36.7 Å². The highest BCUT2D eigenvalue weighted by Gasteiger charge is 2.09.